The minimum absolute atomic E-state index is 0.133. The van der Waals surface area contributed by atoms with Crippen molar-refractivity contribution < 1.29 is 8.42 Å². The van der Waals surface area contributed by atoms with E-state index in [9.17, 15) is 8.42 Å². The van der Waals surface area contributed by atoms with Crippen LogP contribution in [-0.2, 0) is 10.0 Å². The molecule has 0 radical (unpaired) electrons. The van der Waals surface area contributed by atoms with Gasteiger partial charge in [0.1, 0.15) is 0 Å². The van der Waals surface area contributed by atoms with Gasteiger partial charge in [-0.3, -0.25) is 0 Å². The molecule has 1 saturated heterocycles. The van der Waals surface area contributed by atoms with Crippen molar-refractivity contribution in [3.05, 3.63) is 60.2 Å². The summed E-state index contributed by atoms with van der Waals surface area (Å²) in [5.41, 5.74) is 1.09. The maximum absolute atomic E-state index is 13.7. The second-order valence-electron chi connectivity index (χ2n) is 9.62. The summed E-state index contributed by atoms with van der Waals surface area (Å²) in [4.78, 5) is 0.450. The maximum atomic E-state index is 13.7. The zero-order valence-electron chi connectivity index (χ0n) is 17.8. The van der Waals surface area contributed by atoms with E-state index in [1.807, 2.05) is 23.4 Å². The first-order valence-electron chi connectivity index (χ1n) is 10.9. The Morgan fingerprint density at radius 1 is 0.966 bits per heavy atom. The predicted octanol–water partition coefficient (Wildman–Crippen LogP) is 4.79. The van der Waals surface area contributed by atoms with E-state index in [4.69, 9.17) is 0 Å². The molecular weight excluding hydrogens is 394 g/mol. The van der Waals surface area contributed by atoms with Gasteiger partial charge in [0.25, 0.3) is 0 Å². The van der Waals surface area contributed by atoms with Gasteiger partial charge in [-0.05, 0) is 49.8 Å². The molecule has 1 aliphatic heterocycles. The van der Waals surface area contributed by atoms with Crippen molar-refractivity contribution in [1.29, 1.82) is 0 Å². The number of hydrogen-bond donors (Lipinski definition) is 0. The number of hydrogen-bond acceptors (Lipinski definition) is 2. The molecule has 0 unspecified atom stereocenters. The van der Waals surface area contributed by atoms with Gasteiger partial charge in [-0.1, -0.05) is 79.2 Å². The van der Waals surface area contributed by atoms with Crippen molar-refractivity contribution in [3.63, 3.8) is 0 Å². The van der Waals surface area contributed by atoms with Crippen LogP contribution in [0.25, 0.3) is 0 Å². The first kappa shape index (κ1) is 20.8. The topological polar surface area (TPSA) is 37.4 Å². The minimum Gasteiger partial charge on any atom is -0.207 e. The summed E-state index contributed by atoms with van der Waals surface area (Å²) in [6.45, 7) is 7.49. The van der Waals surface area contributed by atoms with Gasteiger partial charge in [0.15, 0.2) is 0 Å². The summed E-state index contributed by atoms with van der Waals surface area (Å²) in [5, 5.41) is 1.42. The van der Waals surface area contributed by atoms with E-state index in [2.05, 4.69) is 43.4 Å². The van der Waals surface area contributed by atoms with E-state index in [1.54, 1.807) is 12.1 Å². The van der Waals surface area contributed by atoms with E-state index < -0.39 is 18.1 Å². The van der Waals surface area contributed by atoms with Crippen LogP contribution in [0.1, 0.15) is 31.2 Å². The summed E-state index contributed by atoms with van der Waals surface area (Å²) in [6.07, 6.45) is 4.83. The number of rotatable bonds is 5. The first-order chi connectivity index (χ1) is 13.8. The second kappa shape index (κ2) is 8.01. The maximum Gasteiger partial charge on any atom is 0.243 e. The molecule has 1 aliphatic carbocycles. The smallest absolute Gasteiger partial charge is 0.207 e. The van der Waals surface area contributed by atoms with E-state index >= 15 is 0 Å². The van der Waals surface area contributed by atoms with Crippen molar-refractivity contribution in [2.75, 3.05) is 6.54 Å². The average Bonchev–Trinajstić information content (AvgIpc) is 3.08. The van der Waals surface area contributed by atoms with Crippen molar-refractivity contribution in [3.8, 4) is 0 Å². The summed E-state index contributed by atoms with van der Waals surface area (Å²) in [7, 11) is -5.22. The molecule has 29 heavy (non-hydrogen) atoms. The third-order valence-electron chi connectivity index (χ3n) is 7.15. The zero-order valence-corrected chi connectivity index (χ0v) is 19.7. The lowest BCUT2D eigenvalue weighted by molar-refractivity contribution is 0.264. The SMILES string of the molecule is Cc1ccc(S(=O)(=O)N2C[C@@H]3CCCC[C@H]3[C@H]2C[Si](C)(C)c2ccccc2)cc1. The first-order valence-corrected chi connectivity index (χ1v) is 15.6. The molecule has 0 amide bonds. The summed E-state index contributed by atoms with van der Waals surface area (Å²) < 4.78 is 29.2. The number of sulfonamides is 1. The lowest BCUT2D eigenvalue weighted by Gasteiger charge is -2.35. The highest BCUT2D eigenvalue weighted by Crippen LogP contribution is 2.45. The van der Waals surface area contributed by atoms with Crippen LogP contribution < -0.4 is 5.19 Å². The van der Waals surface area contributed by atoms with Crippen molar-refractivity contribution in [2.24, 2.45) is 11.8 Å². The molecule has 0 spiro atoms. The van der Waals surface area contributed by atoms with Crippen molar-refractivity contribution >= 4 is 23.3 Å². The van der Waals surface area contributed by atoms with Crippen LogP contribution in [0.5, 0.6) is 0 Å². The van der Waals surface area contributed by atoms with Crippen molar-refractivity contribution in [2.45, 2.75) is 62.7 Å². The molecule has 0 bridgehead atoms. The number of benzene rings is 2. The molecule has 1 saturated carbocycles. The van der Waals surface area contributed by atoms with Gasteiger partial charge in [0.2, 0.25) is 10.0 Å². The fraction of sp³-hybridized carbons (Fsp3) is 0.500. The molecule has 2 fully saturated rings. The monoisotopic (exact) mass is 427 g/mol. The Hall–Kier alpha value is -1.43. The van der Waals surface area contributed by atoms with E-state index in [0.717, 1.165) is 11.6 Å². The molecule has 156 valence electrons. The lowest BCUT2D eigenvalue weighted by Crippen LogP contribution is -2.49. The molecule has 0 N–H and O–H groups in total. The van der Waals surface area contributed by atoms with Gasteiger partial charge in [0.05, 0.1) is 13.0 Å². The van der Waals surface area contributed by atoms with Gasteiger partial charge in [-0.25, -0.2) is 8.42 Å². The molecule has 5 heteroatoms. The molecular formula is C24H33NO2SSi. The molecule has 2 aliphatic rings. The normalized spacial score (nSPS) is 25.7. The van der Waals surface area contributed by atoms with Gasteiger partial charge in [-0.15, -0.1) is 0 Å². The molecule has 0 aromatic heterocycles. The van der Waals surface area contributed by atoms with E-state index in [0.29, 0.717) is 23.3 Å². The van der Waals surface area contributed by atoms with Crippen LogP contribution in [-0.4, -0.2) is 33.4 Å². The second-order valence-corrected chi connectivity index (χ2v) is 16.3. The van der Waals surface area contributed by atoms with Crippen molar-refractivity contribution in [1.82, 2.24) is 4.31 Å². The Bertz CT molecular complexity index is 941. The molecule has 2 aromatic rings. The van der Waals surface area contributed by atoms with Gasteiger partial charge in [-0.2, -0.15) is 4.31 Å². The largest absolute Gasteiger partial charge is 0.243 e. The minimum atomic E-state index is -3.46. The van der Waals surface area contributed by atoms with Crippen LogP contribution in [0.15, 0.2) is 59.5 Å². The average molecular weight is 428 g/mol. The van der Waals surface area contributed by atoms with E-state index in [-0.39, 0.29) is 6.04 Å². The van der Waals surface area contributed by atoms with Crippen LogP contribution in [0, 0.1) is 18.8 Å². The van der Waals surface area contributed by atoms with Crippen LogP contribution in [0.3, 0.4) is 0 Å². The quantitative estimate of drug-likeness (QED) is 0.643. The Labute approximate surface area is 177 Å². The molecule has 4 rings (SSSR count). The fourth-order valence-corrected chi connectivity index (χ4v) is 10.2. The summed E-state index contributed by atoms with van der Waals surface area (Å²) in [5.74, 6) is 1.04. The summed E-state index contributed by atoms with van der Waals surface area (Å²) in [6, 6.07) is 19.3. The van der Waals surface area contributed by atoms with Crippen LogP contribution >= 0.6 is 0 Å². The molecule has 3 atom stereocenters. The number of nitrogens with zero attached hydrogens (tertiary/aromatic N) is 1. The highest BCUT2D eigenvalue weighted by atomic mass is 32.2. The highest BCUT2D eigenvalue weighted by molar-refractivity contribution is 7.89. The lowest BCUT2D eigenvalue weighted by atomic mass is 9.79. The van der Waals surface area contributed by atoms with Gasteiger partial charge >= 0.3 is 0 Å². The standard InChI is InChI=1S/C24H33NO2SSi/c1-19-13-15-21(16-14-19)28(26,27)25-17-20-9-7-8-12-23(20)24(25)18-29(2,3)22-10-5-4-6-11-22/h4-6,10-11,13-16,20,23-24H,7-9,12,17-18H2,1-3H3/t20-,23+,24+/m0/s1. The Morgan fingerprint density at radius 2 is 1.62 bits per heavy atom. The molecule has 3 nitrogen and oxygen atoms in total. The van der Waals surface area contributed by atoms with E-state index in [1.165, 1.54) is 30.9 Å². The van der Waals surface area contributed by atoms with Gasteiger partial charge < -0.3 is 0 Å². The predicted molar refractivity (Wildman–Crippen MR) is 123 cm³/mol. The van der Waals surface area contributed by atoms with Crippen LogP contribution in [0.2, 0.25) is 19.1 Å². The highest BCUT2D eigenvalue weighted by Gasteiger charge is 2.49. The third-order valence-corrected chi connectivity index (χ3v) is 12.4. The molecule has 2 aromatic carbocycles. The fourth-order valence-electron chi connectivity index (χ4n) is 5.45. The summed E-state index contributed by atoms with van der Waals surface area (Å²) >= 11 is 0. The number of fused-ring (bicyclic) bond motifs is 1. The Balaban J connectivity index is 1.69. The third kappa shape index (κ3) is 4.10. The van der Waals surface area contributed by atoms with Gasteiger partial charge in [0, 0.05) is 12.6 Å². The van der Waals surface area contributed by atoms with Crippen LogP contribution in [0.4, 0.5) is 0 Å². The Morgan fingerprint density at radius 3 is 2.31 bits per heavy atom. The number of aryl methyl sites for hydroxylation is 1. The Kier molecular flexibility index (Phi) is 5.75. The zero-order chi connectivity index (χ0) is 20.6. The molecule has 1 heterocycles.